The first-order valence-corrected chi connectivity index (χ1v) is 8.91. The number of hydrogen-bond donors (Lipinski definition) is 2. The highest BCUT2D eigenvalue weighted by Gasteiger charge is 2.08. The standard InChI is InChI=1S/C16H15N3O2S2/c1-10-2-4-11(5-3-10)8-17-13(20)9-23-16-18-12-6-7-22-14(12)15(21)19-16/h2-7H,8-9H2,1H3,(H,17,20)(H,18,19,21). The molecule has 0 fully saturated rings. The van der Waals surface area contributed by atoms with Crippen molar-refractivity contribution in [2.45, 2.75) is 18.6 Å². The molecule has 118 valence electrons. The molecule has 0 bridgehead atoms. The molecule has 1 aromatic carbocycles. The minimum Gasteiger partial charge on any atom is -0.351 e. The largest absolute Gasteiger partial charge is 0.351 e. The highest BCUT2D eigenvalue weighted by atomic mass is 32.2. The van der Waals surface area contributed by atoms with E-state index in [0.717, 1.165) is 5.56 Å². The first-order chi connectivity index (χ1) is 11.1. The summed E-state index contributed by atoms with van der Waals surface area (Å²) >= 11 is 2.58. The maximum absolute atomic E-state index is 11.9. The Bertz CT molecular complexity index is 884. The van der Waals surface area contributed by atoms with Crippen molar-refractivity contribution in [1.82, 2.24) is 15.3 Å². The van der Waals surface area contributed by atoms with E-state index in [0.29, 0.717) is 21.9 Å². The molecule has 2 aromatic heterocycles. The molecule has 0 saturated heterocycles. The van der Waals surface area contributed by atoms with E-state index in [1.165, 1.54) is 28.7 Å². The van der Waals surface area contributed by atoms with E-state index in [2.05, 4.69) is 15.3 Å². The summed E-state index contributed by atoms with van der Waals surface area (Å²) in [6.45, 7) is 2.52. The number of rotatable bonds is 5. The number of aryl methyl sites for hydroxylation is 1. The van der Waals surface area contributed by atoms with Gasteiger partial charge in [-0.25, -0.2) is 4.98 Å². The average Bonchev–Trinajstić information content (AvgIpc) is 3.01. The fourth-order valence-corrected chi connectivity index (χ4v) is 3.43. The van der Waals surface area contributed by atoms with E-state index in [1.54, 1.807) is 6.07 Å². The Labute approximate surface area is 141 Å². The molecule has 3 aromatic rings. The summed E-state index contributed by atoms with van der Waals surface area (Å²) in [7, 11) is 0. The number of aromatic nitrogens is 2. The number of nitrogens with zero attached hydrogens (tertiary/aromatic N) is 1. The van der Waals surface area contributed by atoms with Crippen molar-refractivity contribution in [3.05, 3.63) is 57.2 Å². The molecule has 5 nitrogen and oxygen atoms in total. The summed E-state index contributed by atoms with van der Waals surface area (Å²) in [6, 6.07) is 9.82. The molecular weight excluding hydrogens is 330 g/mol. The van der Waals surface area contributed by atoms with E-state index in [4.69, 9.17) is 0 Å². The molecule has 0 saturated carbocycles. The Morgan fingerprint density at radius 2 is 2.09 bits per heavy atom. The second-order valence-corrected chi connectivity index (χ2v) is 6.94. The summed E-state index contributed by atoms with van der Waals surface area (Å²) in [5.41, 5.74) is 2.75. The van der Waals surface area contributed by atoms with Gasteiger partial charge in [0.15, 0.2) is 5.16 Å². The number of carbonyl (C=O) groups excluding carboxylic acids is 1. The normalized spacial score (nSPS) is 10.8. The van der Waals surface area contributed by atoms with E-state index >= 15 is 0 Å². The quantitative estimate of drug-likeness (QED) is 0.551. The summed E-state index contributed by atoms with van der Waals surface area (Å²) in [6.07, 6.45) is 0. The lowest BCUT2D eigenvalue weighted by Gasteiger charge is -2.05. The molecule has 23 heavy (non-hydrogen) atoms. The topological polar surface area (TPSA) is 74.8 Å². The lowest BCUT2D eigenvalue weighted by molar-refractivity contribution is -0.118. The second-order valence-electron chi connectivity index (χ2n) is 5.06. The van der Waals surface area contributed by atoms with Crippen LogP contribution in [0.3, 0.4) is 0 Å². The van der Waals surface area contributed by atoms with Gasteiger partial charge in [0.05, 0.1) is 11.3 Å². The van der Waals surface area contributed by atoms with Crippen molar-refractivity contribution in [1.29, 1.82) is 0 Å². The van der Waals surface area contributed by atoms with Gasteiger partial charge in [0.25, 0.3) is 5.56 Å². The first-order valence-electron chi connectivity index (χ1n) is 7.04. The fraction of sp³-hybridized carbons (Fsp3) is 0.188. The molecule has 2 heterocycles. The van der Waals surface area contributed by atoms with Crippen LogP contribution in [0, 0.1) is 6.92 Å². The lowest BCUT2D eigenvalue weighted by atomic mass is 10.1. The van der Waals surface area contributed by atoms with E-state index in [9.17, 15) is 9.59 Å². The molecular formula is C16H15N3O2S2. The Morgan fingerprint density at radius 3 is 2.87 bits per heavy atom. The monoisotopic (exact) mass is 345 g/mol. The Morgan fingerprint density at radius 1 is 1.30 bits per heavy atom. The van der Waals surface area contributed by atoms with Crippen molar-refractivity contribution in [2.75, 3.05) is 5.75 Å². The van der Waals surface area contributed by atoms with Crippen LogP contribution >= 0.6 is 23.1 Å². The maximum atomic E-state index is 11.9. The van der Waals surface area contributed by atoms with Gasteiger partial charge in [-0.3, -0.25) is 9.59 Å². The average molecular weight is 345 g/mol. The van der Waals surface area contributed by atoms with Gasteiger partial charge in [-0.1, -0.05) is 41.6 Å². The van der Waals surface area contributed by atoms with Crippen molar-refractivity contribution >= 4 is 39.2 Å². The third kappa shape index (κ3) is 4.00. The molecule has 0 radical (unpaired) electrons. The van der Waals surface area contributed by atoms with Crippen LogP contribution in [-0.4, -0.2) is 21.6 Å². The molecule has 2 N–H and O–H groups in total. The third-order valence-electron chi connectivity index (χ3n) is 3.24. The highest BCUT2D eigenvalue weighted by molar-refractivity contribution is 7.99. The van der Waals surface area contributed by atoms with Gasteiger partial charge >= 0.3 is 0 Å². The van der Waals surface area contributed by atoms with Gasteiger partial charge in [-0.05, 0) is 23.9 Å². The number of thiophene rings is 1. The van der Waals surface area contributed by atoms with E-state index < -0.39 is 0 Å². The summed E-state index contributed by atoms with van der Waals surface area (Å²) in [5.74, 6) is 0.119. The number of benzene rings is 1. The zero-order valence-electron chi connectivity index (χ0n) is 12.5. The molecule has 0 aliphatic carbocycles. The summed E-state index contributed by atoms with van der Waals surface area (Å²) in [5, 5.41) is 5.15. The van der Waals surface area contributed by atoms with Crippen LogP contribution in [-0.2, 0) is 11.3 Å². The van der Waals surface area contributed by atoms with Gasteiger partial charge in [-0.15, -0.1) is 11.3 Å². The van der Waals surface area contributed by atoms with E-state index in [-0.39, 0.29) is 17.2 Å². The van der Waals surface area contributed by atoms with Crippen LogP contribution in [0.1, 0.15) is 11.1 Å². The molecule has 0 atom stereocenters. The first kappa shape index (κ1) is 15.8. The zero-order valence-corrected chi connectivity index (χ0v) is 14.1. The SMILES string of the molecule is Cc1ccc(CNC(=O)CSc2nc3ccsc3c(=O)[nH]2)cc1. The molecule has 0 unspecified atom stereocenters. The van der Waals surface area contributed by atoms with Gasteiger partial charge < -0.3 is 10.3 Å². The number of fused-ring (bicyclic) bond motifs is 1. The summed E-state index contributed by atoms with van der Waals surface area (Å²) < 4.78 is 0.609. The highest BCUT2D eigenvalue weighted by Crippen LogP contribution is 2.18. The van der Waals surface area contributed by atoms with Crippen molar-refractivity contribution in [3.8, 4) is 0 Å². The lowest BCUT2D eigenvalue weighted by Crippen LogP contribution is -2.24. The third-order valence-corrected chi connectivity index (χ3v) is 5.02. The number of H-pyrrole nitrogens is 1. The predicted octanol–water partition coefficient (Wildman–Crippen LogP) is 2.70. The second kappa shape index (κ2) is 6.97. The van der Waals surface area contributed by atoms with Gasteiger partial charge in [-0.2, -0.15) is 0 Å². The van der Waals surface area contributed by atoms with Crippen LogP contribution in [0.5, 0.6) is 0 Å². The van der Waals surface area contributed by atoms with Gasteiger partial charge in [0.2, 0.25) is 5.91 Å². The minimum absolute atomic E-state index is 0.0939. The van der Waals surface area contributed by atoms with Crippen molar-refractivity contribution < 1.29 is 4.79 Å². The molecule has 0 aliphatic heterocycles. The maximum Gasteiger partial charge on any atom is 0.269 e. The molecule has 0 aliphatic rings. The van der Waals surface area contributed by atoms with Crippen LogP contribution < -0.4 is 10.9 Å². The van der Waals surface area contributed by atoms with Crippen LogP contribution in [0.25, 0.3) is 10.2 Å². The van der Waals surface area contributed by atoms with E-state index in [1.807, 2.05) is 36.6 Å². The minimum atomic E-state index is -0.160. The van der Waals surface area contributed by atoms with Crippen molar-refractivity contribution in [2.24, 2.45) is 0 Å². The predicted molar refractivity (Wildman–Crippen MR) is 94.0 cm³/mol. The smallest absolute Gasteiger partial charge is 0.269 e. The Balaban J connectivity index is 1.55. The number of nitrogens with one attached hydrogen (secondary N) is 2. The molecule has 1 amide bonds. The van der Waals surface area contributed by atoms with Crippen LogP contribution in [0.15, 0.2) is 45.7 Å². The fourth-order valence-electron chi connectivity index (χ4n) is 2.01. The van der Waals surface area contributed by atoms with Crippen LogP contribution in [0.4, 0.5) is 0 Å². The number of thioether (sulfide) groups is 1. The Kier molecular flexibility index (Phi) is 4.78. The number of hydrogen-bond acceptors (Lipinski definition) is 5. The van der Waals surface area contributed by atoms with Crippen LogP contribution in [0.2, 0.25) is 0 Å². The molecule has 0 spiro atoms. The number of amides is 1. The number of aromatic amines is 1. The zero-order chi connectivity index (χ0) is 16.2. The van der Waals surface area contributed by atoms with Gasteiger partial charge in [0, 0.05) is 6.54 Å². The van der Waals surface area contributed by atoms with Gasteiger partial charge in [0.1, 0.15) is 4.70 Å². The molecule has 3 rings (SSSR count). The Hall–Kier alpha value is -2.12. The molecule has 7 heteroatoms. The van der Waals surface area contributed by atoms with Crippen molar-refractivity contribution in [3.63, 3.8) is 0 Å². The summed E-state index contributed by atoms with van der Waals surface area (Å²) in [4.78, 5) is 30.8. The number of carbonyl (C=O) groups is 1.